The minimum Gasteiger partial charge on any atom is -0.462 e. The van der Waals surface area contributed by atoms with Crippen molar-refractivity contribution in [3.63, 3.8) is 0 Å². The Bertz CT molecular complexity index is 652. The van der Waals surface area contributed by atoms with E-state index >= 15 is 0 Å². The second kappa shape index (κ2) is 29.1. The lowest BCUT2D eigenvalue weighted by atomic mass is 10.0. The van der Waals surface area contributed by atoms with Crippen LogP contribution >= 0.6 is 7.82 Å². The molecule has 0 aliphatic heterocycles. The third-order valence-corrected chi connectivity index (χ3v) is 7.91. The van der Waals surface area contributed by atoms with Crippen molar-refractivity contribution >= 4 is 19.8 Å². The van der Waals surface area contributed by atoms with E-state index in [0.717, 1.165) is 26.2 Å². The quantitative estimate of drug-likeness (QED) is 0.0455. The summed E-state index contributed by atoms with van der Waals surface area (Å²) in [5.74, 6) is -1.07. The molecular weight excluding hydrogens is 543 g/mol. The number of carbonyl (C=O) groups excluding carboxylic acids is 2. The van der Waals surface area contributed by atoms with Gasteiger partial charge in [0.05, 0.1) is 6.61 Å². The van der Waals surface area contributed by atoms with Crippen LogP contribution in [0.3, 0.4) is 0 Å². The molecule has 0 saturated carbocycles. The van der Waals surface area contributed by atoms with Gasteiger partial charge in [0, 0.05) is 13.3 Å². The smallest absolute Gasteiger partial charge is 0.462 e. The fraction of sp³-hybridized carbons (Fsp3) is 0.938. The number of phosphoric acid groups is 1. The molecule has 244 valence electrons. The Morgan fingerprint density at radius 3 is 1.24 bits per heavy atom. The van der Waals surface area contributed by atoms with Gasteiger partial charge in [-0.1, -0.05) is 155 Å². The first kappa shape index (κ1) is 40.1. The number of ether oxygens (including phenoxy) is 2. The zero-order chi connectivity index (χ0) is 30.4. The Hall–Kier alpha value is -0.950. The van der Waals surface area contributed by atoms with E-state index in [1.165, 1.54) is 135 Å². The highest BCUT2D eigenvalue weighted by molar-refractivity contribution is 7.46. The molecule has 0 aromatic rings. The molecule has 0 saturated heterocycles. The highest BCUT2D eigenvalue weighted by Crippen LogP contribution is 2.35. The second-order valence-corrected chi connectivity index (χ2v) is 12.8. The maximum Gasteiger partial charge on any atom is 0.469 e. The summed E-state index contributed by atoms with van der Waals surface area (Å²) < 4.78 is 25.1. The standard InChI is InChI=1S/C32H63O8P/c1-3-4-5-6-7-8-9-10-11-12-13-14-15-16-17-18-19-20-21-22-23-24-25-26-27-32(34)38-28-31(40-30(2)33)29-39-41(35,36)37/h31H,3-29H2,1-2H3,(H2,35,36,37)/t31-/m1/s1. The van der Waals surface area contributed by atoms with Crippen LogP contribution in [0, 0.1) is 0 Å². The predicted molar refractivity (Wildman–Crippen MR) is 166 cm³/mol. The van der Waals surface area contributed by atoms with E-state index < -0.39 is 32.5 Å². The lowest BCUT2D eigenvalue weighted by molar-refractivity contribution is -0.159. The van der Waals surface area contributed by atoms with E-state index in [4.69, 9.17) is 19.3 Å². The van der Waals surface area contributed by atoms with Crippen LogP contribution in [0.2, 0.25) is 0 Å². The van der Waals surface area contributed by atoms with Crippen LogP contribution in [0.25, 0.3) is 0 Å². The van der Waals surface area contributed by atoms with Gasteiger partial charge < -0.3 is 19.3 Å². The number of hydrogen-bond acceptors (Lipinski definition) is 6. The first-order chi connectivity index (χ1) is 19.7. The molecule has 0 aliphatic carbocycles. The molecule has 2 N–H and O–H groups in total. The van der Waals surface area contributed by atoms with Crippen molar-refractivity contribution in [3.8, 4) is 0 Å². The SMILES string of the molecule is CCCCCCCCCCCCCCCCCCCCCCCCCCC(=O)OC[C@H](COP(=O)(O)O)OC(C)=O. The summed E-state index contributed by atoms with van der Waals surface area (Å²) in [5.41, 5.74) is 0. The van der Waals surface area contributed by atoms with E-state index in [0.29, 0.717) is 0 Å². The lowest BCUT2D eigenvalue weighted by Crippen LogP contribution is -2.28. The topological polar surface area (TPSA) is 119 Å². The summed E-state index contributed by atoms with van der Waals surface area (Å²) in [6.07, 6.45) is 31.0. The molecule has 8 nitrogen and oxygen atoms in total. The average molecular weight is 607 g/mol. The molecule has 0 rings (SSSR count). The first-order valence-electron chi connectivity index (χ1n) is 16.8. The van der Waals surface area contributed by atoms with E-state index in [1.807, 2.05) is 0 Å². The molecule has 1 atom stereocenters. The summed E-state index contributed by atoms with van der Waals surface area (Å²) >= 11 is 0. The number of unbranched alkanes of at least 4 members (excludes halogenated alkanes) is 23. The average Bonchev–Trinajstić information content (AvgIpc) is 2.92. The molecule has 0 aromatic heterocycles. The molecule has 0 aromatic carbocycles. The van der Waals surface area contributed by atoms with Crippen molar-refractivity contribution < 1.29 is 37.9 Å². The lowest BCUT2D eigenvalue weighted by Gasteiger charge is -2.17. The summed E-state index contributed by atoms with van der Waals surface area (Å²) in [7, 11) is -4.70. The van der Waals surface area contributed by atoms with Gasteiger partial charge in [0.2, 0.25) is 0 Å². The Labute approximate surface area is 251 Å². The van der Waals surface area contributed by atoms with Gasteiger partial charge in [-0.05, 0) is 6.42 Å². The minimum absolute atomic E-state index is 0.269. The van der Waals surface area contributed by atoms with Crippen LogP contribution in [0.5, 0.6) is 0 Å². The van der Waals surface area contributed by atoms with Crippen LogP contribution in [0.15, 0.2) is 0 Å². The monoisotopic (exact) mass is 606 g/mol. The van der Waals surface area contributed by atoms with Gasteiger partial charge in [-0.2, -0.15) is 0 Å². The molecule has 0 amide bonds. The highest BCUT2D eigenvalue weighted by Gasteiger charge is 2.21. The number of hydrogen-bond donors (Lipinski definition) is 2. The Morgan fingerprint density at radius 1 is 0.585 bits per heavy atom. The van der Waals surface area contributed by atoms with E-state index in [1.54, 1.807) is 0 Å². The normalized spacial score (nSPS) is 12.4. The zero-order valence-corrected chi connectivity index (χ0v) is 27.4. The van der Waals surface area contributed by atoms with Gasteiger partial charge in [0.15, 0.2) is 6.10 Å². The van der Waals surface area contributed by atoms with Crippen molar-refractivity contribution in [2.75, 3.05) is 13.2 Å². The van der Waals surface area contributed by atoms with Crippen LogP contribution in [0.1, 0.15) is 174 Å². The Kier molecular flexibility index (Phi) is 28.5. The fourth-order valence-corrected chi connectivity index (χ4v) is 5.38. The molecule has 0 bridgehead atoms. The first-order valence-corrected chi connectivity index (χ1v) is 18.3. The van der Waals surface area contributed by atoms with E-state index in [2.05, 4.69) is 11.4 Å². The van der Waals surface area contributed by atoms with Crippen LogP contribution in [0.4, 0.5) is 0 Å². The molecule has 0 aliphatic rings. The van der Waals surface area contributed by atoms with Crippen LogP contribution in [-0.2, 0) is 28.2 Å². The molecule has 0 fully saturated rings. The third kappa shape index (κ3) is 33.4. The van der Waals surface area contributed by atoms with Crippen molar-refractivity contribution in [2.45, 2.75) is 180 Å². The van der Waals surface area contributed by atoms with Crippen molar-refractivity contribution in [1.82, 2.24) is 0 Å². The van der Waals surface area contributed by atoms with E-state index in [9.17, 15) is 14.2 Å². The minimum atomic E-state index is -4.70. The molecule has 0 radical (unpaired) electrons. The summed E-state index contributed by atoms with van der Waals surface area (Å²) in [5, 5.41) is 0. The number of esters is 2. The zero-order valence-electron chi connectivity index (χ0n) is 26.5. The maximum absolute atomic E-state index is 11.9. The van der Waals surface area contributed by atoms with Crippen LogP contribution in [-0.4, -0.2) is 41.0 Å². The number of rotatable bonds is 31. The largest absolute Gasteiger partial charge is 0.469 e. The molecule has 41 heavy (non-hydrogen) atoms. The van der Waals surface area contributed by atoms with Gasteiger partial charge in [-0.15, -0.1) is 0 Å². The summed E-state index contributed by atoms with van der Waals surface area (Å²) in [6.45, 7) is 2.60. The molecule has 0 unspecified atom stereocenters. The van der Waals surface area contributed by atoms with Gasteiger partial charge in [-0.25, -0.2) is 4.57 Å². The molecule has 9 heteroatoms. The fourth-order valence-electron chi connectivity index (χ4n) is 5.02. The van der Waals surface area contributed by atoms with Gasteiger partial charge in [0.1, 0.15) is 6.61 Å². The number of carbonyl (C=O) groups is 2. The van der Waals surface area contributed by atoms with Crippen molar-refractivity contribution in [2.24, 2.45) is 0 Å². The number of phosphoric ester groups is 1. The van der Waals surface area contributed by atoms with E-state index in [-0.39, 0.29) is 13.0 Å². The Morgan fingerprint density at radius 2 is 0.927 bits per heavy atom. The van der Waals surface area contributed by atoms with Crippen molar-refractivity contribution in [3.05, 3.63) is 0 Å². The van der Waals surface area contributed by atoms with Gasteiger partial charge >= 0.3 is 19.8 Å². The van der Waals surface area contributed by atoms with Gasteiger partial charge in [0.25, 0.3) is 0 Å². The van der Waals surface area contributed by atoms with Crippen molar-refractivity contribution in [1.29, 1.82) is 0 Å². The van der Waals surface area contributed by atoms with Gasteiger partial charge in [-0.3, -0.25) is 14.1 Å². The summed E-state index contributed by atoms with van der Waals surface area (Å²) in [6, 6.07) is 0. The highest BCUT2D eigenvalue weighted by atomic mass is 31.2. The molecule has 0 heterocycles. The predicted octanol–water partition coefficient (Wildman–Crippen LogP) is 9.34. The maximum atomic E-state index is 11.9. The second-order valence-electron chi connectivity index (χ2n) is 11.6. The van der Waals surface area contributed by atoms with Crippen LogP contribution < -0.4 is 0 Å². The Balaban J connectivity index is 3.38. The molecule has 0 spiro atoms. The summed E-state index contributed by atoms with van der Waals surface area (Å²) in [4.78, 5) is 40.5. The molecular formula is C32H63O8P. The third-order valence-electron chi connectivity index (χ3n) is 7.43.